The van der Waals surface area contributed by atoms with Crippen molar-refractivity contribution < 1.29 is 10.2 Å². The predicted molar refractivity (Wildman–Crippen MR) is 115 cm³/mol. The average Bonchev–Trinajstić information content (AvgIpc) is 2.67. The van der Waals surface area contributed by atoms with Crippen LogP contribution in [-0.4, -0.2) is 34.7 Å². The van der Waals surface area contributed by atoms with Crippen molar-refractivity contribution in [3.05, 3.63) is 72.3 Å². The quantitative estimate of drug-likeness (QED) is 0.575. The van der Waals surface area contributed by atoms with Gasteiger partial charge in [-0.15, -0.1) is 13.2 Å². The lowest BCUT2D eigenvalue weighted by molar-refractivity contribution is 0.306. The van der Waals surface area contributed by atoms with Crippen LogP contribution < -0.4 is 0 Å². The molecule has 0 amide bonds. The molecule has 2 aromatic rings. The first kappa shape index (κ1) is 20.8. The predicted octanol–water partition coefficient (Wildman–Crippen LogP) is 5.11. The van der Waals surface area contributed by atoms with Gasteiger partial charge in [-0.05, 0) is 78.9 Å². The summed E-state index contributed by atoms with van der Waals surface area (Å²) < 4.78 is 0. The molecule has 0 radical (unpaired) electrons. The van der Waals surface area contributed by atoms with E-state index in [0.717, 1.165) is 60.3 Å². The molecule has 144 valence electrons. The van der Waals surface area contributed by atoms with Crippen molar-refractivity contribution >= 4 is 0 Å². The van der Waals surface area contributed by atoms with Gasteiger partial charge in [0.05, 0.1) is 0 Å². The van der Waals surface area contributed by atoms with Gasteiger partial charge in [0.15, 0.2) is 0 Å². The molecular formula is C24H31NO2. The zero-order chi connectivity index (χ0) is 19.8. The zero-order valence-corrected chi connectivity index (χ0v) is 16.5. The van der Waals surface area contributed by atoms with Crippen LogP contribution in [0.25, 0.3) is 11.1 Å². The third-order valence-corrected chi connectivity index (χ3v) is 4.98. The molecule has 0 spiro atoms. The second-order valence-corrected chi connectivity index (χ2v) is 6.76. The van der Waals surface area contributed by atoms with Crippen LogP contribution in [-0.2, 0) is 19.3 Å². The Bertz CT molecular complexity index is 791. The maximum absolute atomic E-state index is 10.7. The summed E-state index contributed by atoms with van der Waals surface area (Å²) in [6.07, 6.45) is 5.75. The van der Waals surface area contributed by atoms with Crippen molar-refractivity contribution in [3.8, 4) is 22.6 Å². The molecule has 0 saturated carbocycles. The SMILES string of the molecule is C=CCc1ccc(O)c(-c2cc(CC=C)c(O)c(CCN(CC)CC)c2)c1. The molecule has 0 bridgehead atoms. The van der Waals surface area contributed by atoms with Crippen molar-refractivity contribution in [3.63, 3.8) is 0 Å². The van der Waals surface area contributed by atoms with Gasteiger partial charge in [-0.2, -0.15) is 0 Å². The molecule has 2 N–H and O–H groups in total. The van der Waals surface area contributed by atoms with Crippen molar-refractivity contribution in [2.24, 2.45) is 0 Å². The molecule has 0 unspecified atom stereocenters. The molecule has 2 rings (SSSR count). The summed E-state index contributed by atoms with van der Waals surface area (Å²) in [6.45, 7) is 14.7. The highest BCUT2D eigenvalue weighted by molar-refractivity contribution is 5.73. The number of aromatic hydroxyl groups is 2. The lowest BCUT2D eigenvalue weighted by Crippen LogP contribution is -2.25. The van der Waals surface area contributed by atoms with Crippen LogP contribution >= 0.6 is 0 Å². The van der Waals surface area contributed by atoms with E-state index < -0.39 is 0 Å². The lowest BCUT2D eigenvalue weighted by atomic mass is 9.94. The number of nitrogens with zero attached hydrogens (tertiary/aromatic N) is 1. The largest absolute Gasteiger partial charge is 0.507 e. The Morgan fingerprint density at radius 1 is 0.926 bits per heavy atom. The van der Waals surface area contributed by atoms with E-state index in [9.17, 15) is 10.2 Å². The van der Waals surface area contributed by atoms with E-state index in [4.69, 9.17) is 0 Å². The molecule has 0 aliphatic rings. The van der Waals surface area contributed by atoms with Crippen molar-refractivity contribution in [1.29, 1.82) is 0 Å². The smallest absolute Gasteiger partial charge is 0.123 e. The summed E-state index contributed by atoms with van der Waals surface area (Å²) in [5.74, 6) is 0.584. The number of benzene rings is 2. The molecule has 0 aromatic heterocycles. The number of phenols is 2. The van der Waals surface area contributed by atoms with Crippen LogP contribution in [0.1, 0.15) is 30.5 Å². The molecule has 3 heteroatoms. The summed E-state index contributed by atoms with van der Waals surface area (Å²) >= 11 is 0. The standard InChI is InChI=1S/C24H31NO2/c1-5-9-18-11-12-23(26)22(15-18)21-16-19(10-6-2)24(27)20(17-21)13-14-25(7-3)8-4/h5-6,11-12,15-17,26-27H,1-2,7-10,13-14H2,3-4H3. The van der Waals surface area contributed by atoms with Gasteiger partial charge in [-0.1, -0.05) is 32.1 Å². The molecular weight excluding hydrogens is 334 g/mol. The van der Waals surface area contributed by atoms with Crippen LogP contribution in [0.4, 0.5) is 0 Å². The van der Waals surface area contributed by atoms with Gasteiger partial charge in [0, 0.05) is 12.1 Å². The van der Waals surface area contributed by atoms with E-state index in [-0.39, 0.29) is 5.75 Å². The van der Waals surface area contributed by atoms with E-state index in [1.165, 1.54) is 0 Å². The average molecular weight is 366 g/mol. The van der Waals surface area contributed by atoms with E-state index in [1.54, 1.807) is 12.1 Å². The maximum atomic E-state index is 10.7. The molecule has 0 aliphatic heterocycles. The number of hydrogen-bond donors (Lipinski definition) is 2. The molecule has 3 nitrogen and oxygen atoms in total. The molecule has 2 aromatic carbocycles. The summed E-state index contributed by atoms with van der Waals surface area (Å²) in [6, 6.07) is 9.58. The van der Waals surface area contributed by atoms with Crippen molar-refractivity contribution in [2.75, 3.05) is 19.6 Å². The third kappa shape index (κ3) is 5.24. The summed E-state index contributed by atoms with van der Waals surface area (Å²) in [5, 5.41) is 21.1. The van der Waals surface area contributed by atoms with Crippen LogP contribution in [0.3, 0.4) is 0 Å². The van der Waals surface area contributed by atoms with Crippen LogP contribution in [0.5, 0.6) is 11.5 Å². The normalized spacial score (nSPS) is 10.9. The Labute approximate surface area is 163 Å². The first-order chi connectivity index (χ1) is 13.0. The Balaban J connectivity index is 2.48. The van der Waals surface area contributed by atoms with Gasteiger partial charge in [-0.3, -0.25) is 0 Å². The molecule has 0 aliphatic carbocycles. The fourth-order valence-corrected chi connectivity index (χ4v) is 3.34. The number of rotatable bonds is 10. The van der Waals surface area contributed by atoms with Crippen molar-refractivity contribution in [1.82, 2.24) is 4.90 Å². The second kappa shape index (κ2) is 9.98. The molecule has 0 heterocycles. The maximum Gasteiger partial charge on any atom is 0.123 e. The van der Waals surface area contributed by atoms with Gasteiger partial charge in [-0.25, -0.2) is 0 Å². The highest BCUT2D eigenvalue weighted by Crippen LogP contribution is 2.36. The number of hydrogen-bond acceptors (Lipinski definition) is 3. The number of phenolic OH excluding ortho intramolecular Hbond substituents is 2. The molecule has 0 fully saturated rings. The molecule has 0 saturated heterocycles. The van der Waals surface area contributed by atoms with Crippen molar-refractivity contribution in [2.45, 2.75) is 33.1 Å². The van der Waals surface area contributed by atoms with Gasteiger partial charge in [0.25, 0.3) is 0 Å². The lowest BCUT2D eigenvalue weighted by Gasteiger charge is -2.19. The fraction of sp³-hybridized carbons (Fsp3) is 0.333. The minimum atomic E-state index is 0.243. The second-order valence-electron chi connectivity index (χ2n) is 6.76. The summed E-state index contributed by atoms with van der Waals surface area (Å²) in [7, 11) is 0. The minimum absolute atomic E-state index is 0.243. The van der Waals surface area contributed by atoms with E-state index in [1.807, 2.05) is 30.3 Å². The minimum Gasteiger partial charge on any atom is -0.507 e. The van der Waals surface area contributed by atoms with Crippen LogP contribution in [0.15, 0.2) is 55.6 Å². The first-order valence-electron chi connectivity index (χ1n) is 9.65. The summed E-state index contributed by atoms with van der Waals surface area (Å²) in [5.41, 5.74) is 4.54. The monoisotopic (exact) mass is 365 g/mol. The Kier molecular flexibility index (Phi) is 7.68. The fourth-order valence-electron chi connectivity index (χ4n) is 3.34. The topological polar surface area (TPSA) is 43.7 Å². The highest BCUT2D eigenvalue weighted by atomic mass is 16.3. The van der Waals surface area contributed by atoms with E-state index >= 15 is 0 Å². The van der Waals surface area contributed by atoms with Gasteiger partial charge >= 0.3 is 0 Å². The van der Waals surface area contributed by atoms with E-state index in [2.05, 4.69) is 31.9 Å². The summed E-state index contributed by atoms with van der Waals surface area (Å²) in [4.78, 5) is 2.33. The Hall–Kier alpha value is -2.52. The number of likely N-dealkylation sites (N-methyl/N-ethyl adjacent to an activating group) is 1. The molecule has 27 heavy (non-hydrogen) atoms. The zero-order valence-electron chi connectivity index (χ0n) is 16.5. The van der Waals surface area contributed by atoms with Gasteiger partial charge in [0.1, 0.15) is 11.5 Å². The molecule has 0 atom stereocenters. The van der Waals surface area contributed by atoms with Gasteiger partial charge in [0.2, 0.25) is 0 Å². The van der Waals surface area contributed by atoms with Crippen LogP contribution in [0.2, 0.25) is 0 Å². The number of allylic oxidation sites excluding steroid dienone is 2. The Morgan fingerprint density at radius 3 is 2.22 bits per heavy atom. The first-order valence-corrected chi connectivity index (χ1v) is 9.65. The third-order valence-electron chi connectivity index (χ3n) is 4.98. The highest BCUT2D eigenvalue weighted by Gasteiger charge is 2.14. The Morgan fingerprint density at radius 2 is 1.59 bits per heavy atom. The van der Waals surface area contributed by atoms with Gasteiger partial charge < -0.3 is 15.1 Å². The van der Waals surface area contributed by atoms with E-state index in [0.29, 0.717) is 12.2 Å². The van der Waals surface area contributed by atoms with Crippen LogP contribution in [0, 0.1) is 0 Å².